The quantitative estimate of drug-likeness (QED) is 0.757. The van der Waals surface area contributed by atoms with Crippen LogP contribution in [0, 0.1) is 0 Å². The number of carboxylic acid groups (broad SMARTS) is 1. The van der Waals surface area contributed by atoms with Gasteiger partial charge in [0.05, 0.1) is 6.61 Å². The van der Waals surface area contributed by atoms with E-state index in [9.17, 15) is 9.90 Å². The first kappa shape index (κ1) is 15.1. The molecule has 0 aliphatic heterocycles. The van der Waals surface area contributed by atoms with Crippen LogP contribution in [0.4, 0.5) is 0 Å². The lowest BCUT2D eigenvalue weighted by atomic mass is 9.96. The summed E-state index contributed by atoms with van der Waals surface area (Å²) in [7, 11) is 0. The highest BCUT2D eigenvalue weighted by atomic mass is 79.9. The lowest BCUT2D eigenvalue weighted by Crippen LogP contribution is -2.41. The molecule has 5 heteroatoms. The van der Waals surface area contributed by atoms with E-state index in [2.05, 4.69) is 15.9 Å². The number of carbonyl (C=O) groups is 1. The van der Waals surface area contributed by atoms with Gasteiger partial charge in [-0.1, -0.05) is 28.1 Å². The van der Waals surface area contributed by atoms with E-state index in [1.165, 1.54) is 0 Å². The topological polar surface area (TPSA) is 66.8 Å². The first-order chi connectivity index (χ1) is 8.48. The van der Waals surface area contributed by atoms with E-state index in [4.69, 9.17) is 9.84 Å². The van der Waals surface area contributed by atoms with Crippen LogP contribution in [0.1, 0.15) is 18.9 Å². The number of ether oxygens (including phenoxy) is 1. The van der Waals surface area contributed by atoms with Crippen LogP contribution in [0.25, 0.3) is 0 Å². The number of carboxylic acids is 1. The molecule has 0 aliphatic carbocycles. The van der Waals surface area contributed by atoms with Crippen LogP contribution in [0.5, 0.6) is 0 Å². The normalized spacial score (nSPS) is 14.2. The van der Waals surface area contributed by atoms with Crippen LogP contribution in [0.3, 0.4) is 0 Å². The van der Waals surface area contributed by atoms with E-state index < -0.39 is 11.6 Å². The van der Waals surface area contributed by atoms with Gasteiger partial charge < -0.3 is 14.9 Å². The maximum Gasteiger partial charge on any atom is 0.336 e. The molecule has 1 atom stereocenters. The van der Waals surface area contributed by atoms with Gasteiger partial charge in [-0.25, -0.2) is 4.79 Å². The molecule has 2 N–H and O–H groups in total. The maximum atomic E-state index is 11.3. The Kier molecular flexibility index (Phi) is 5.78. The molecule has 1 rings (SSSR count). The minimum Gasteiger partial charge on any atom is -0.479 e. The van der Waals surface area contributed by atoms with Crippen molar-refractivity contribution in [3.05, 3.63) is 34.3 Å². The molecule has 1 unspecified atom stereocenters. The molecule has 0 fully saturated rings. The molecule has 1 aromatic carbocycles. The fourth-order valence-electron chi connectivity index (χ4n) is 1.54. The lowest BCUT2D eigenvalue weighted by Gasteiger charge is -2.25. The standard InChI is InChI=1S/C13H17BrO4/c1-13(12(16)17,18-8-2-7-15)9-10-3-5-11(14)6-4-10/h3-6,15H,2,7-9H2,1H3,(H,16,17). The second-order valence-electron chi connectivity index (χ2n) is 4.26. The minimum absolute atomic E-state index is 0.00597. The summed E-state index contributed by atoms with van der Waals surface area (Å²) in [6.07, 6.45) is 0.726. The van der Waals surface area contributed by atoms with E-state index in [0.717, 1.165) is 10.0 Å². The zero-order valence-corrected chi connectivity index (χ0v) is 11.8. The van der Waals surface area contributed by atoms with Gasteiger partial charge in [0.2, 0.25) is 0 Å². The molecule has 0 aliphatic rings. The molecule has 0 saturated carbocycles. The average Bonchev–Trinajstić information content (AvgIpc) is 2.32. The predicted octanol–water partition coefficient (Wildman–Crippen LogP) is 2.23. The van der Waals surface area contributed by atoms with Crippen LogP contribution in [-0.2, 0) is 16.0 Å². The van der Waals surface area contributed by atoms with Crippen molar-refractivity contribution in [2.45, 2.75) is 25.4 Å². The van der Waals surface area contributed by atoms with Gasteiger partial charge in [-0.15, -0.1) is 0 Å². The van der Waals surface area contributed by atoms with Gasteiger partial charge in [-0.2, -0.15) is 0 Å². The van der Waals surface area contributed by atoms with E-state index in [1.807, 2.05) is 24.3 Å². The Morgan fingerprint density at radius 1 is 1.39 bits per heavy atom. The van der Waals surface area contributed by atoms with Crippen molar-refractivity contribution in [3.63, 3.8) is 0 Å². The summed E-state index contributed by atoms with van der Waals surface area (Å²) in [5, 5.41) is 17.9. The van der Waals surface area contributed by atoms with Gasteiger partial charge >= 0.3 is 5.97 Å². The van der Waals surface area contributed by atoms with Crippen LogP contribution in [-0.4, -0.2) is 35.0 Å². The fraction of sp³-hybridized carbons (Fsp3) is 0.462. The largest absolute Gasteiger partial charge is 0.479 e. The van der Waals surface area contributed by atoms with Gasteiger partial charge in [0.1, 0.15) is 0 Å². The number of rotatable bonds is 7. The third-order valence-corrected chi connectivity index (χ3v) is 3.16. The molecular weight excluding hydrogens is 300 g/mol. The monoisotopic (exact) mass is 316 g/mol. The third kappa shape index (κ3) is 4.40. The third-order valence-electron chi connectivity index (χ3n) is 2.63. The highest BCUT2D eigenvalue weighted by Crippen LogP contribution is 2.20. The van der Waals surface area contributed by atoms with Gasteiger partial charge in [0.25, 0.3) is 0 Å². The van der Waals surface area contributed by atoms with E-state index >= 15 is 0 Å². The van der Waals surface area contributed by atoms with Crippen molar-refractivity contribution in [2.75, 3.05) is 13.2 Å². The van der Waals surface area contributed by atoms with Crippen molar-refractivity contribution in [2.24, 2.45) is 0 Å². The number of hydrogen-bond donors (Lipinski definition) is 2. The number of aliphatic hydroxyl groups is 1. The van der Waals surface area contributed by atoms with Crippen LogP contribution in [0.15, 0.2) is 28.7 Å². The SMILES string of the molecule is CC(Cc1ccc(Br)cc1)(OCCCO)C(=O)O. The molecule has 4 nitrogen and oxygen atoms in total. The number of halogens is 1. The molecule has 0 amide bonds. The summed E-state index contributed by atoms with van der Waals surface area (Å²) in [6.45, 7) is 1.78. The highest BCUT2D eigenvalue weighted by Gasteiger charge is 2.34. The molecule has 0 bridgehead atoms. The smallest absolute Gasteiger partial charge is 0.336 e. The molecule has 0 radical (unpaired) electrons. The van der Waals surface area contributed by atoms with Gasteiger partial charge in [0, 0.05) is 17.5 Å². The van der Waals surface area contributed by atoms with Gasteiger partial charge in [-0.05, 0) is 31.0 Å². The lowest BCUT2D eigenvalue weighted by molar-refractivity contribution is -0.163. The summed E-state index contributed by atoms with van der Waals surface area (Å²) in [6, 6.07) is 7.46. The summed E-state index contributed by atoms with van der Waals surface area (Å²) >= 11 is 3.33. The fourth-order valence-corrected chi connectivity index (χ4v) is 1.81. The molecule has 0 spiro atoms. The molecule has 100 valence electrons. The zero-order valence-electron chi connectivity index (χ0n) is 10.2. The van der Waals surface area contributed by atoms with E-state index in [0.29, 0.717) is 12.8 Å². The number of aliphatic hydroxyl groups excluding tert-OH is 1. The predicted molar refractivity (Wildman–Crippen MR) is 71.5 cm³/mol. The number of hydrogen-bond acceptors (Lipinski definition) is 3. The summed E-state index contributed by atoms with van der Waals surface area (Å²) in [5.41, 5.74) is -0.365. The maximum absolute atomic E-state index is 11.3. The van der Waals surface area contributed by atoms with Gasteiger partial charge in [-0.3, -0.25) is 0 Å². The summed E-state index contributed by atoms with van der Waals surface area (Å²) in [5.74, 6) is -0.997. The first-order valence-corrected chi connectivity index (χ1v) is 6.50. The Bertz CT molecular complexity index is 390. The molecule has 1 aromatic rings. The summed E-state index contributed by atoms with van der Waals surface area (Å²) in [4.78, 5) is 11.3. The average molecular weight is 317 g/mol. The molecule has 18 heavy (non-hydrogen) atoms. The second-order valence-corrected chi connectivity index (χ2v) is 5.18. The molecule has 0 saturated heterocycles. The summed E-state index contributed by atoms with van der Waals surface area (Å²) < 4.78 is 6.34. The first-order valence-electron chi connectivity index (χ1n) is 5.70. The van der Waals surface area contributed by atoms with Crippen molar-refractivity contribution in [1.82, 2.24) is 0 Å². The molecule has 0 aromatic heterocycles. The van der Waals surface area contributed by atoms with Crippen molar-refractivity contribution >= 4 is 21.9 Å². The van der Waals surface area contributed by atoms with Crippen molar-refractivity contribution < 1.29 is 19.7 Å². The highest BCUT2D eigenvalue weighted by molar-refractivity contribution is 9.10. The Hall–Kier alpha value is -0.910. The van der Waals surface area contributed by atoms with Crippen LogP contribution in [0.2, 0.25) is 0 Å². The molecule has 0 heterocycles. The number of benzene rings is 1. The Morgan fingerprint density at radius 3 is 2.50 bits per heavy atom. The second kappa shape index (κ2) is 6.87. The van der Waals surface area contributed by atoms with Crippen LogP contribution < -0.4 is 0 Å². The minimum atomic E-state index is -1.26. The van der Waals surface area contributed by atoms with Gasteiger partial charge in [0.15, 0.2) is 5.60 Å². The Morgan fingerprint density at radius 2 is 2.00 bits per heavy atom. The van der Waals surface area contributed by atoms with Crippen molar-refractivity contribution in [1.29, 1.82) is 0 Å². The zero-order chi connectivity index (χ0) is 13.6. The number of aliphatic carboxylic acids is 1. The van der Waals surface area contributed by atoms with E-state index in [1.54, 1.807) is 6.92 Å². The molecular formula is C13H17BrO4. The van der Waals surface area contributed by atoms with Crippen LogP contribution >= 0.6 is 15.9 Å². The Labute approximate surface area is 115 Å². The van der Waals surface area contributed by atoms with E-state index in [-0.39, 0.29) is 13.2 Å². The van der Waals surface area contributed by atoms with Crippen molar-refractivity contribution in [3.8, 4) is 0 Å². The Balaban J connectivity index is 2.72.